The average Bonchev–Trinajstić information content (AvgIpc) is 2.57. The maximum absolute atomic E-state index is 11.0. The maximum Gasteiger partial charge on any atom is 0.336 e. The standard InChI is InChI=1S/C12H15NO3/c1-13(2)7-8-6-10-9(12(14)15)4-3-5-11(10)16-8/h3-5,8H,6-7H2,1-2H3,(H,14,15). The van der Waals surface area contributed by atoms with Gasteiger partial charge in [-0.3, -0.25) is 0 Å². The Kier molecular flexibility index (Phi) is 2.83. The van der Waals surface area contributed by atoms with E-state index < -0.39 is 5.97 Å². The highest BCUT2D eigenvalue weighted by Crippen LogP contribution is 2.31. The first kappa shape index (κ1) is 11.0. The van der Waals surface area contributed by atoms with Crippen LogP contribution in [0, 0.1) is 0 Å². The van der Waals surface area contributed by atoms with Gasteiger partial charge in [0.15, 0.2) is 0 Å². The summed E-state index contributed by atoms with van der Waals surface area (Å²) in [6, 6.07) is 5.18. The number of hydrogen-bond donors (Lipinski definition) is 1. The third-order valence-corrected chi connectivity index (χ3v) is 2.66. The number of nitrogens with zero attached hydrogens (tertiary/aromatic N) is 1. The van der Waals surface area contributed by atoms with Crippen LogP contribution in [0.5, 0.6) is 5.75 Å². The summed E-state index contributed by atoms with van der Waals surface area (Å²) in [4.78, 5) is 13.1. The van der Waals surface area contributed by atoms with Gasteiger partial charge in [0.1, 0.15) is 11.9 Å². The molecule has 4 nitrogen and oxygen atoms in total. The fraction of sp³-hybridized carbons (Fsp3) is 0.417. The molecule has 0 amide bonds. The van der Waals surface area contributed by atoms with Crippen LogP contribution in [0.3, 0.4) is 0 Å². The Hall–Kier alpha value is -1.55. The quantitative estimate of drug-likeness (QED) is 0.834. The largest absolute Gasteiger partial charge is 0.488 e. The number of benzene rings is 1. The lowest BCUT2D eigenvalue weighted by Gasteiger charge is -2.15. The third-order valence-electron chi connectivity index (χ3n) is 2.66. The highest BCUT2D eigenvalue weighted by molar-refractivity contribution is 5.90. The van der Waals surface area contributed by atoms with Crippen molar-refractivity contribution in [3.63, 3.8) is 0 Å². The Morgan fingerprint density at radius 3 is 2.94 bits per heavy atom. The third kappa shape index (κ3) is 2.02. The molecule has 1 heterocycles. The van der Waals surface area contributed by atoms with E-state index in [1.54, 1.807) is 12.1 Å². The minimum atomic E-state index is -0.883. The Labute approximate surface area is 94.4 Å². The highest BCUT2D eigenvalue weighted by atomic mass is 16.5. The van der Waals surface area contributed by atoms with E-state index in [1.165, 1.54) is 0 Å². The molecule has 1 unspecified atom stereocenters. The average molecular weight is 221 g/mol. The van der Waals surface area contributed by atoms with Crippen LogP contribution < -0.4 is 4.74 Å². The molecule has 1 atom stereocenters. The Balaban J connectivity index is 2.23. The van der Waals surface area contributed by atoms with Gasteiger partial charge in [-0.1, -0.05) is 6.07 Å². The Morgan fingerprint density at radius 2 is 2.31 bits per heavy atom. The molecule has 0 saturated heterocycles. The van der Waals surface area contributed by atoms with Crippen LogP contribution in [0.1, 0.15) is 15.9 Å². The molecular formula is C12H15NO3. The molecule has 0 aliphatic carbocycles. The smallest absolute Gasteiger partial charge is 0.336 e. The van der Waals surface area contributed by atoms with Crippen molar-refractivity contribution in [2.75, 3.05) is 20.6 Å². The summed E-state index contributed by atoms with van der Waals surface area (Å²) >= 11 is 0. The number of hydrogen-bond acceptors (Lipinski definition) is 3. The van der Waals surface area contributed by atoms with Gasteiger partial charge < -0.3 is 14.7 Å². The monoisotopic (exact) mass is 221 g/mol. The predicted molar refractivity (Wildman–Crippen MR) is 60.1 cm³/mol. The number of aromatic carboxylic acids is 1. The molecule has 4 heteroatoms. The minimum Gasteiger partial charge on any atom is -0.488 e. The number of carboxylic acids is 1. The van der Waals surface area contributed by atoms with Gasteiger partial charge in [-0.15, -0.1) is 0 Å². The van der Waals surface area contributed by atoms with Gasteiger partial charge >= 0.3 is 5.97 Å². The van der Waals surface area contributed by atoms with Crippen molar-refractivity contribution in [1.29, 1.82) is 0 Å². The molecule has 1 aliphatic heterocycles. The van der Waals surface area contributed by atoms with Gasteiger partial charge in [-0.25, -0.2) is 4.79 Å². The summed E-state index contributed by atoms with van der Waals surface area (Å²) in [5.41, 5.74) is 1.18. The van der Waals surface area contributed by atoms with E-state index in [1.807, 2.05) is 25.1 Å². The number of rotatable bonds is 3. The van der Waals surface area contributed by atoms with E-state index in [4.69, 9.17) is 9.84 Å². The Morgan fingerprint density at radius 1 is 1.56 bits per heavy atom. The molecule has 0 aromatic heterocycles. The summed E-state index contributed by atoms with van der Waals surface area (Å²) in [7, 11) is 3.95. The normalized spacial score (nSPS) is 18.3. The van der Waals surface area contributed by atoms with Crippen LogP contribution >= 0.6 is 0 Å². The van der Waals surface area contributed by atoms with Gasteiger partial charge in [-0.2, -0.15) is 0 Å². The number of carbonyl (C=O) groups is 1. The summed E-state index contributed by atoms with van der Waals surface area (Å²) in [6.07, 6.45) is 0.737. The van der Waals surface area contributed by atoms with Crippen LogP contribution in [0.15, 0.2) is 18.2 Å². The summed E-state index contributed by atoms with van der Waals surface area (Å²) < 4.78 is 5.70. The van der Waals surface area contributed by atoms with E-state index >= 15 is 0 Å². The highest BCUT2D eigenvalue weighted by Gasteiger charge is 2.27. The van der Waals surface area contributed by atoms with E-state index in [-0.39, 0.29) is 6.10 Å². The zero-order valence-corrected chi connectivity index (χ0v) is 9.43. The number of likely N-dealkylation sites (N-methyl/N-ethyl adjacent to an activating group) is 1. The van der Waals surface area contributed by atoms with Crippen LogP contribution in [0.2, 0.25) is 0 Å². The lowest BCUT2D eigenvalue weighted by atomic mass is 10.0. The molecule has 1 aliphatic rings. The van der Waals surface area contributed by atoms with Gasteiger partial charge in [0.2, 0.25) is 0 Å². The Bertz CT molecular complexity index is 415. The minimum absolute atomic E-state index is 0.0606. The molecule has 0 radical (unpaired) electrons. The van der Waals surface area contributed by atoms with Crippen LogP contribution in [-0.4, -0.2) is 42.7 Å². The zero-order valence-electron chi connectivity index (χ0n) is 9.43. The van der Waals surface area contributed by atoms with Crippen molar-refractivity contribution in [3.05, 3.63) is 29.3 Å². The second-order valence-corrected chi connectivity index (χ2v) is 4.29. The second-order valence-electron chi connectivity index (χ2n) is 4.29. The molecule has 0 fully saturated rings. The SMILES string of the molecule is CN(C)CC1Cc2c(cccc2C(=O)O)O1. The summed E-state index contributed by atoms with van der Waals surface area (Å²) in [5.74, 6) is -0.169. The molecule has 1 N–H and O–H groups in total. The van der Waals surface area contributed by atoms with E-state index in [2.05, 4.69) is 0 Å². The van der Waals surface area contributed by atoms with Gasteiger partial charge in [0, 0.05) is 18.5 Å². The lowest BCUT2D eigenvalue weighted by Crippen LogP contribution is -2.29. The lowest BCUT2D eigenvalue weighted by molar-refractivity contribution is 0.0696. The van der Waals surface area contributed by atoms with Gasteiger partial charge in [-0.05, 0) is 26.2 Å². The first-order valence-electron chi connectivity index (χ1n) is 5.24. The molecule has 1 aromatic carbocycles. The fourth-order valence-electron chi connectivity index (χ4n) is 2.04. The molecule has 16 heavy (non-hydrogen) atoms. The summed E-state index contributed by atoms with van der Waals surface area (Å²) in [6.45, 7) is 0.799. The predicted octanol–water partition coefficient (Wildman–Crippen LogP) is 1.25. The zero-order chi connectivity index (χ0) is 11.7. The van der Waals surface area contributed by atoms with E-state index in [9.17, 15) is 4.79 Å². The summed E-state index contributed by atoms with van der Waals surface area (Å²) in [5, 5.41) is 9.05. The van der Waals surface area contributed by atoms with Crippen molar-refractivity contribution in [3.8, 4) is 5.75 Å². The maximum atomic E-state index is 11.0. The van der Waals surface area contributed by atoms with E-state index in [0.29, 0.717) is 17.7 Å². The van der Waals surface area contributed by atoms with Crippen molar-refractivity contribution in [2.24, 2.45) is 0 Å². The van der Waals surface area contributed by atoms with Crippen LogP contribution in [0.25, 0.3) is 0 Å². The van der Waals surface area contributed by atoms with Gasteiger partial charge in [0.25, 0.3) is 0 Å². The molecule has 2 rings (SSSR count). The molecule has 0 saturated carbocycles. The number of fused-ring (bicyclic) bond motifs is 1. The van der Waals surface area contributed by atoms with E-state index in [0.717, 1.165) is 12.1 Å². The van der Waals surface area contributed by atoms with Crippen LogP contribution in [-0.2, 0) is 6.42 Å². The van der Waals surface area contributed by atoms with Crippen molar-refractivity contribution >= 4 is 5.97 Å². The van der Waals surface area contributed by atoms with Crippen molar-refractivity contribution in [1.82, 2.24) is 4.90 Å². The van der Waals surface area contributed by atoms with Crippen molar-refractivity contribution in [2.45, 2.75) is 12.5 Å². The molecule has 86 valence electrons. The fourth-order valence-corrected chi connectivity index (χ4v) is 2.04. The molecule has 0 bridgehead atoms. The first-order valence-corrected chi connectivity index (χ1v) is 5.24. The molecule has 0 spiro atoms. The number of carboxylic acid groups (broad SMARTS) is 1. The van der Waals surface area contributed by atoms with Gasteiger partial charge in [0.05, 0.1) is 5.56 Å². The topological polar surface area (TPSA) is 49.8 Å². The first-order chi connectivity index (χ1) is 7.58. The van der Waals surface area contributed by atoms with Crippen LogP contribution in [0.4, 0.5) is 0 Å². The molecule has 1 aromatic rings. The molecular weight excluding hydrogens is 206 g/mol. The number of ether oxygens (including phenoxy) is 1. The second kappa shape index (κ2) is 4.14. The van der Waals surface area contributed by atoms with Crippen molar-refractivity contribution < 1.29 is 14.6 Å².